The molecule has 112 valence electrons. The highest BCUT2D eigenvalue weighted by Gasteiger charge is 2.17. The van der Waals surface area contributed by atoms with Crippen LogP contribution in [0, 0.1) is 11.8 Å². The summed E-state index contributed by atoms with van der Waals surface area (Å²) < 4.78 is 26.8. The van der Waals surface area contributed by atoms with Crippen LogP contribution >= 0.6 is 11.3 Å². The van der Waals surface area contributed by atoms with Crippen LogP contribution in [0.4, 0.5) is 0 Å². The van der Waals surface area contributed by atoms with Gasteiger partial charge >= 0.3 is 0 Å². The molecule has 0 atom stereocenters. The second-order valence-corrected chi connectivity index (χ2v) is 6.83. The zero-order chi connectivity index (χ0) is 15.3. The van der Waals surface area contributed by atoms with Crippen LogP contribution in [-0.4, -0.2) is 30.1 Å². The van der Waals surface area contributed by atoms with Crippen molar-refractivity contribution in [3.63, 3.8) is 0 Å². The van der Waals surface area contributed by atoms with Gasteiger partial charge in [0, 0.05) is 23.4 Å². The molecule has 0 saturated heterocycles. The highest BCUT2D eigenvalue weighted by molar-refractivity contribution is 7.89. The number of nitrogens with one attached hydrogen (secondary N) is 2. The monoisotopic (exact) mass is 325 g/mol. The van der Waals surface area contributed by atoms with E-state index in [1.54, 1.807) is 6.07 Å². The maximum atomic E-state index is 12.1. The Hall–Kier alpha value is -1.66. The van der Waals surface area contributed by atoms with Gasteiger partial charge in [0.2, 0.25) is 0 Å². The van der Waals surface area contributed by atoms with Gasteiger partial charge in [-0.3, -0.25) is 0 Å². The zero-order valence-electron chi connectivity index (χ0n) is 11.4. The Balaban J connectivity index is 2.10. The Labute approximate surface area is 127 Å². The minimum Gasteiger partial charge on any atom is -0.384 e. The molecule has 3 N–H and O–H groups in total. The molecule has 0 saturated carbocycles. The summed E-state index contributed by atoms with van der Waals surface area (Å²) in [4.78, 5) is 7.55. The molecule has 0 aliphatic rings. The van der Waals surface area contributed by atoms with Gasteiger partial charge in [-0.15, -0.1) is 11.3 Å². The van der Waals surface area contributed by atoms with Crippen molar-refractivity contribution in [1.82, 2.24) is 14.7 Å². The molecule has 0 bridgehead atoms. The number of aryl methyl sites for hydroxylation is 1. The van der Waals surface area contributed by atoms with E-state index in [0.29, 0.717) is 12.2 Å². The van der Waals surface area contributed by atoms with Crippen molar-refractivity contribution in [2.45, 2.75) is 24.9 Å². The van der Waals surface area contributed by atoms with E-state index < -0.39 is 10.0 Å². The number of imidazole rings is 1. The van der Waals surface area contributed by atoms with E-state index in [9.17, 15) is 8.42 Å². The molecule has 21 heavy (non-hydrogen) atoms. The number of H-pyrrole nitrogens is 1. The van der Waals surface area contributed by atoms with Crippen LogP contribution in [-0.2, 0) is 23.0 Å². The van der Waals surface area contributed by atoms with Crippen LogP contribution in [0.2, 0.25) is 0 Å². The number of hydrogen-bond acceptors (Lipinski definition) is 5. The smallest absolute Gasteiger partial charge is 0.257 e. The number of rotatable bonds is 5. The van der Waals surface area contributed by atoms with Crippen LogP contribution in [0.5, 0.6) is 0 Å². The Bertz CT molecular complexity index is 766. The lowest BCUT2D eigenvalue weighted by Crippen LogP contribution is -2.23. The van der Waals surface area contributed by atoms with Gasteiger partial charge in [0.1, 0.15) is 12.4 Å². The molecule has 2 aromatic rings. The summed E-state index contributed by atoms with van der Waals surface area (Å²) in [5.41, 5.74) is 0.718. The van der Waals surface area contributed by atoms with E-state index in [1.807, 2.05) is 12.3 Å². The van der Waals surface area contributed by atoms with Gasteiger partial charge in [0.25, 0.3) is 10.0 Å². The molecule has 2 rings (SSSR count). The standard InChI is InChI=1S/C13H15N3O3S2/c1-2-12-14-9-13(16-12)21(18,19)15-8-11-10(4-3-6-17)5-7-20-11/h5,7,9,15,17H,2,6,8H2,1H3,(H,14,16). The van der Waals surface area contributed by atoms with E-state index in [2.05, 4.69) is 26.5 Å². The number of thiophene rings is 1. The molecule has 0 radical (unpaired) electrons. The number of aliphatic hydroxyl groups excluding tert-OH is 1. The number of aromatic amines is 1. The van der Waals surface area contributed by atoms with E-state index in [-0.39, 0.29) is 18.2 Å². The Morgan fingerprint density at radius 2 is 2.33 bits per heavy atom. The third-order valence-electron chi connectivity index (χ3n) is 2.70. The Morgan fingerprint density at radius 3 is 3.00 bits per heavy atom. The lowest BCUT2D eigenvalue weighted by Gasteiger charge is -2.03. The van der Waals surface area contributed by atoms with Crippen LogP contribution in [0.25, 0.3) is 0 Å². The fourth-order valence-corrected chi connectivity index (χ4v) is 3.42. The molecule has 0 aliphatic carbocycles. The summed E-state index contributed by atoms with van der Waals surface area (Å²) in [5, 5.41) is 10.6. The average Bonchev–Trinajstić information content (AvgIpc) is 3.12. The molecule has 0 aromatic carbocycles. The average molecular weight is 325 g/mol. The van der Waals surface area contributed by atoms with E-state index in [1.165, 1.54) is 17.5 Å². The number of aromatic nitrogens is 2. The van der Waals surface area contributed by atoms with Gasteiger partial charge in [-0.1, -0.05) is 18.8 Å². The van der Waals surface area contributed by atoms with Gasteiger partial charge in [-0.25, -0.2) is 18.1 Å². The molecule has 0 aliphatic heterocycles. The molecular weight excluding hydrogens is 310 g/mol. The van der Waals surface area contributed by atoms with E-state index in [0.717, 1.165) is 10.4 Å². The SMILES string of the molecule is CCc1ncc(S(=O)(=O)NCc2sccc2C#CCO)[nH]1. The Morgan fingerprint density at radius 1 is 1.52 bits per heavy atom. The van der Waals surface area contributed by atoms with Gasteiger partial charge in [-0.05, 0) is 11.4 Å². The number of sulfonamides is 1. The zero-order valence-corrected chi connectivity index (χ0v) is 13.0. The van der Waals surface area contributed by atoms with Crippen molar-refractivity contribution in [1.29, 1.82) is 0 Å². The predicted octanol–water partition coefficient (Wildman–Crippen LogP) is 0.856. The molecule has 2 aromatic heterocycles. The lowest BCUT2D eigenvalue weighted by atomic mass is 10.2. The van der Waals surface area contributed by atoms with Crippen LogP contribution in [0.1, 0.15) is 23.2 Å². The highest BCUT2D eigenvalue weighted by atomic mass is 32.2. The van der Waals surface area contributed by atoms with Crippen molar-refractivity contribution in [3.8, 4) is 11.8 Å². The van der Waals surface area contributed by atoms with Crippen molar-refractivity contribution in [2.24, 2.45) is 0 Å². The highest BCUT2D eigenvalue weighted by Crippen LogP contribution is 2.16. The maximum absolute atomic E-state index is 12.1. The van der Waals surface area contributed by atoms with Gasteiger partial charge in [0.15, 0.2) is 5.03 Å². The number of hydrogen-bond donors (Lipinski definition) is 3. The molecule has 8 heteroatoms. The summed E-state index contributed by atoms with van der Waals surface area (Å²) >= 11 is 1.41. The summed E-state index contributed by atoms with van der Waals surface area (Å²) in [6, 6.07) is 1.79. The van der Waals surface area contributed by atoms with Gasteiger partial charge in [-0.2, -0.15) is 0 Å². The third-order valence-corrected chi connectivity index (χ3v) is 4.93. The molecule has 0 fully saturated rings. The van der Waals surface area contributed by atoms with Crippen molar-refractivity contribution in [2.75, 3.05) is 6.61 Å². The maximum Gasteiger partial charge on any atom is 0.257 e. The van der Waals surface area contributed by atoms with Gasteiger partial charge in [0.05, 0.1) is 6.20 Å². The van der Waals surface area contributed by atoms with Gasteiger partial charge < -0.3 is 10.1 Å². The van der Waals surface area contributed by atoms with Crippen LogP contribution in [0.15, 0.2) is 22.7 Å². The molecule has 6 nitrogen and oxygen atoms in total. The fraction of sp³-hybridized carbons (Fsp3) is 0.308. The van der Waals surface area contributed by atoms with E-state index >= 15 is 0 Å². The van der Waals surface area contributed by atoms with E-state index in [4.69, 9.17) is 5.11 Å². The van der Waals surface area contributed by atoms with Crippen molar-refractivity contribution in [3.05, 3.63) is 33.9 Å². The number of nitrogens with zero attached hydrogens (tertiary/aromatic N) is 1. The van der Waals surface area contributed by atoms with Crippen molar-refractivity contribution < 1.29 is 13.5 Å². The molecule has 2 heterocycles. The quantitative estimate of drug-likeness (QED) is 0.711. The lowest BCUT2D eigenvalue weighted by molar-refractivity contribution is 0.350. The first-order valence-corrected chi connectivity index (χ1v) is 8.62. The normalized spacial score (nSPS) is 11.1. The minimum atomic E-state index is -3.62. The fourth-order valence-electron chi connectivity index (χ4n) is 1.62. The second-order valence-electron chi connectivity index (χ2n) is 4.09. The largest absolute Gasteiger partial charge is 0.384 e. The minimum absolute atomic E-state index is 0.0545. The Kier molecular flexibility index (Phi) is 5.14. The number of aliphatic hydroxyl groups is 1. The first-order chi connectivity index (χ1) is 10.1. The molecule has 0 amide bonds. The molecule has 0 unspecified atom stereocenters. The van der Waals surface area contributed by atoms with Crippen LogP contribution in [0.3, 0.4) is 0 Å². The predicted molar refractivity (Wildman–Crippen MR) is 80.3 cm³/mol. The van der Waals surface area contributed by atoms with Crippen LogP contribution < -0.4 is 4.72 Å². The molecular formula is C13H15N3O3S2. The summed E-state index contributed by atoms with van der Waals surface area (Å²) in [7, 11) is -3.62. The third kappa shape index (κ3) is 3.92. The first-order valence-electron chi connectivity index (χ1n) is 6.26. The summed E-state index contributed by atoms with van der Waals surface area (Å²) in [6.07, 6.45) is 1.95. The topological polar surface area (TPSA) is 95.1 Å². The van der Waals surface area contributed by atoms with Crippen molar-refractivity contribution >= 4 is 21.4 Å². The summed E-state index contributed by atoms with van der Waals surface area (Å²) in [5.74, 6) is 5.96. The second kappa shape index (κ2) is 6.87. The first kappa shape index (κ1) is 15.7. The summed E-state index contributed by atoms with van der Waals surface area (Å²) in [6.45, 7) is 1.81. The molecule has 0 spiro atoms.